The summed E-state index contributed by atoms with van der Waals surface area (Å²) in [6.45, 7) is 7.85. The molecule has 1 aromatic rings. The molecule has 6 heteroatoms. The lowest BCUT2D eigenvalue weighted by Gasteiger charge is -2.37. The summed E-state index contributed by atoms with van der Waals surface area (Å²) >= 11 is 0. The molecule has 0 radical (unpaired) electrons. The van der Waals surface area contributed by atoms with E-state index >= 15 is 0 Å². The molecule has 1 unspecified atom stereocenters. The van der Waals surface area contributed by atoms with Crippen molar-refractivity contribution in [2.45, 2.75) is 38.8 Å². The van der Waals surface area contributed by atoms with Gasteiger partial charge in [-0.1, -0.05) is 0 Å². The van der Waals surface area contributed by atoms with Gasteiger partial charge in [-0.3, -0.25) is 0 Å². The SMILES string of the molecule is COc1cc(CC2CNCCN2C(=O)OC(C)(C)C)ccn1. The number of carbonyl (C=O) groups excluding carboxylic acids is 1. The number of nitrogens with one attached hydrogen (secondary N) is 1. The highest BCUT2D eigenvalue weighted by atomic mass is 16.6. The minimum absolute atomic E-state index is 0.0655. The Bertz CT molecular complexity index is 514. The Kier molecular flexibility index (Phi) is 5.24. The molecule has 2 heterocycles. The molecule has 0 aliphatic carbocycles. The van der Waals surface area contributed by atoms with E-state index in [1.807, 2.05) is 37.8 Å². The van der Waals surface area contributed by atoms with E-state index < -0.39 is 5.60 Å². The van der Waals surface area contributed by atoms with Crippen LogP contribution in [0.25, 0.3) is 0 Å². The molecule has 1 N–H and O–H groups in total. The maximum atomic E-state index is 12.4. The van der Waals surface area contributed by atoms with E-state index in [1.54, 1.807) is 13.3 Å². The summed E-state index contributed by atoms with van der Waals surface area (Å²) in [7, 11) is 1.60. The number of methoxy groups -OCH3 is 1. The van der Waals surface area contributed by atoms with E-state index in [9.17, 15) is 4.79 Å². The van der Waals surface area contributed by atoms with E-state index in [0.29, 0.717) is 12.4 Å². The van der Waals surface area contributed by atoms with Gasteiger partial charge in [0.25, 0.3) is 0 Å². The third-order valence-corrected chi connectivity index (χ3v) is 3.46. The largest absolute Gasteiger partial charge is 0.481 e. The second kappa shape index (κ2) is 6.96. The molecule has 0 bridgehead atoms. The summed E-state index contributed by atoms with van der Waals surface area (Å²) < 4.78 is 10.7. The average Bonchev–Trinajstić information content (AvgIpc) is 2.46. The van der Waals surface area contributed by atoms with Crippen LogP contribution in [-0.2, 0) is 11.2 Å². The first kappa shape index (κ1) is 16.5. The van der Waals surface area contributed by atoms with Crippen molar-refractivity contribution in [3.63, 3.8) is 0 Å². The van der Waals surface area contributed by atoms with Crippen LogP contribution in [0.5, 0.6) is 5.88 Å². The topological polar surface area (TPSA) is 63.7 Å². The lowest BCUT2D eigenvalue weighted by molar-refractivity contribution is 0.0122. The van der Waals surface area contributed by atoms with Gasteiger partial charge in [0.15, 0.2) is 0 Å². The van der Waals surface area contributed by atoms with Crippen LogP contribution in [0.2, 0.25) is 0 Å². The van der Waals surface area contributed by atoms with Gasteiger partial charge in [0, 0.05) is 31.9 Å². The summed E-state index contributed by atoms with van der Waals surface area (Å²) in [5.41, 5.74) is 0.612. The monoisotopic (exact) mass is 307 g/mol. The summed E-state index contributed by atoms with van der Waals surface area (Å²) in [4.78, 5) is 18.3. The Morgan fingerprint density at radius 2 is 2.27 bits per heavy atom. The first-order valence-corrected chi connectivity index (χ1v) is 7.58. The number of nitrogens with zero attached hydrogens (tertiary/aromatic N) is 2. The van der Waals surface area contributed by atoms with E-state index in [1.165, 1.54) is 0 Å². The first-order chi connectivity index (χ1) is 10.4. The van der Waals surface area contributed by atoms with Crippen molar-refractivity contribution in [3.8, 4) is 5.88 Å². The minimum Gasteiger partial charge on any atom is -0.481 e. The molecule has 1 aliphatic rings. The smallest absolute Gasteiger partial charge is 0.410 e. The van der Waals surface area contributed by atoms with Gasteiger partial charge >= 0.3 is 6.09 Å². The molecular weight excluding hydrogens is 282 g/mol. The highest BCUT2D eigenvalue weighted by Gasteiger charge is 2.30. The van der Waals surface area contributed by atoms with E-state index in [-0.39, 0.29) is 12.1 Å². The third-order valence-electron chi connectivity index (χ3n) is 3.46. The quantitative estimate of drug-likeness (QED) is 0.923. The fourth-order valence-corrected chi connectivity index (χ4v) is 2.47. The van der Waals surface area contributed by atoms with Crippen molar-refractivity contribution in [3.05, 3.63) is 23.9 Å². The van der Waals surface area contributed by atoms with Crippen molar-refractivity contribution >= 4 is 6.09 Å². The molecule has 1 saturated heterocycles. The van der Waals surface area contributed by atoms with Crippen LogP contribution in [0.3, 0.4) is 0 Å². The summed E-state index contributed by atoms with van der Waals surface area (Å²) in [5, 5.41) is 3.34. The predicted octanol–water partition coefficient (Wildman–Crippen LogP) is 1.84. The Morgan fingerprint density at radius 3 is 2.95 bits per heavy atom. The zero-order valence-corrected chi connectivity index (χ0v) is 13.8. The number of piperazine rings is 1. The number of pyridine rings is 1. The van der Waals surface area contributed by atoms with Crippen LogP contribution in [0.1, 0.15) is 26.3 Å². The normalized spacial score (nSPS) is 18.9. The molecule has 1 amide bonds. The molecule has 1 aliphatic heterocycles. The minimum atomic E-state index is -0.480. The molecule has 2 rings (SSSR count). The number of carbonyl (C=O) groups is 1. The number of ether oxygens (including phenoxy) is 2. The second-order valence-corrected chi connectivity index (χ2v) is 6.44. The average molecular weight is 307 g/mol. The Balaban J connectivity index is 2.07. The Labute approximate surface area is 131 Å². The molecule has 1 fully saturated rings. The molecule has 6 nitrogen and oxygen atoms in total. The molecule has 0 saturated carbocycles. The van der Waals surface area contributed by atoms with E-state index in [4.69, 9.17) is 9.47 Å². The van der Waals surface area contributed by atoms with Gasteiger partial charge in [-0.05, 0) is 38.8 Å². The standard InChI is InChI=1S/C16H25N3O3/c1-16(2,3)22-15(20)19-8-7-17-11-13(19)9-12-5-6-18-14(10-12)21-4/h5-6,10,13,17H,7-9,11H2,1-4H3. The van der Waals surface area contributed by atoms with Gasteiger partial charge in [-0.25, -0.2) is 9.78 Å². The molecular formula is C16H25N3O3. The summed E-state index contributed by atoms with van der Waals surface area (Å²) in [6, 6.07) is 3.92. The fraction of sp³-hybridized carbons (Fsp3) is 0.625. The van der Waals surface area contributed by atoms with Crippen molar-refractivity contribution < 1.29 is 14.3 Å². The molecule has 1 atom stereocenters. The van der Waals surface area contributed by atoms with Gasteiger partial charge in [-0.2, -0.15) is 0 Å². The van der Waals surface area contributed by atoms with Crippen LogP contribution in [0.4, 0.5) is 4.79 Å². The molecule has 0 spiro atoms. The summed E-state index contributed by atoms with van der Waals surface area (Å²) in [5.74, 6) is 0.588. The fourth-order valence-electron chi connectivity index (χ4n) is 2.47. The van der Waals surface area contributed by atoms with Gasteiger partial charge in [0.05, 0.1) is 13.2 Å². The van der Waals surface area contributed by atoms with Crippen LogP contribution < -0.4 is 10.1 Å². The molecule has 1 aromatic heterocycles. The predicted molar refractivity (Wildman–Crippen MR) is 84.1 cm³/mol. The van der Waals surface area contributed by atoms with Gasteiger partial charge in [0.2, 0.25) is 5.88 Å². The number of amides is 1. The summed E-state index contributed by atoms with van der Waals surface area (Å²) in [6.07, 6.45) is 2.22. The Hall–Kier alpha value is -1.82. The lowest BCUT2D eigenvalue weighted by atomic mass is 10.0. The number of aromatic nitrogens is 1. The van der Waals surface area contributed by atoms with Crippen molar-refractivity contribution in [2.75, 3.05) is 26.7 Å². The van der Waals surface area contributed by atoms with E-state index in [2.05, 4.69) is 10.3 Å². The molecule has 0 aromatic carbocycles. The highest BCUT2D eigenvalue weighted by Crippen LogP contribution is 2.17. The van der Waals surface area contributed by atoms with Crippen molar-refractivity contribution in [2.24, 2.45) is 0 Å². The molecule has 22 heavy (non-hydrogen) atoms. The maximum Gasteiger partial charge on any atom is 0.410 e. The third kappa shape index (κ3) is 4.59. The number of rotatable bonds is 3. The zero-order chi connectivity index (χ0) is 16.2. The number of hydrogen-bond donors (Lipinski definition) is 1. The lowest BCUT2D eigenvalue weighted by Crippen LogP contribution is -2.55. The second-order valence-electron chi connectivity index (χ2n) is 6.44. The van der Waals surface area contributed by atoms with Crippen LogP contribution in [0, 0.1) is 0 Å². The van der Waals surface area contributed by atoms with Crippen molar-refractivity contribution in [1.29, 1.82) is 0 Å². The molecule has 122 valence electrons. The van der Waals surface area contributed by atoms with E-state index in [0.717, 1.165) is 25.1 Å². The first-order valence-electron chi connectivity index (χ1n) is 7.58. The number of hydrogen-bond acceptors (Lipinski definition) is 5. The van der Waals surface area contributed by atoms with Crippen LogP contribution in [-0.4, -0.2) is 54.4 Å². The highest BCUT2D eigenvalue weighted by molar-refractivity contribution is 5.68. The van der Waals surface area contributed by atoms with Gasteiger partial charge in [0.1, 0.15) is 5.60 Å². The van der Waals surface area contributed by atoms with Crippen molar-refractivity contribution in [1.82, 2.24) is 15.2 Å². The van der Waals surface area contributed by atoms with Gasteiger partial charge in [-0.15, -0.1) is 0 Å². The van der Waals surface area contributed by atoms with Crippen LogP contribution in [0.15, 0.2) is 18.3 Å². The zero-order valence-electron chi connectivity index (χ0n) is 13.8. The van der Waals surface area contributed by atoms with Gasteiger partial charge < -0.3 is 19.7 Å². The van der Waals surface area contributed by atoms with Crippen LogP contribution >= 0.6 is 0 Å². The maximum absolute atomic E-state index is 12.4. The Morgan fingerprint density at radius 1 is 1.50 bits per heavy atom.